The molecule has 0 radical (unpaired) electrons. The zero-order valence-corrected chi connectivity index (χ0v) is 23.3. The largest absolute Gasteiger partial charge is 0.480 e. The van der Waals surface area contributed by atoms with Crippen molar-refractivity contribution in [2.24, 2.45) is 23.3 Å². The van der Waals surface area contributed by atoms with E-state index in [9.17, 15) is 24.3 Å². The van der Waals surface area contributed by atoms with Crippen LogP contribution in [0.15, 0.2) is 30.5 Å². The van der Waals surface area contributed by atoms with Gasteiger partial charge < -0.3 is 37.5 Å². The minimum absolute atomic E-state index is 0.0942. The number of nitrogens with two attached hydrogens (primary N) is 2. The van der Waals surface area contributed by atoms with Crippen LogP contribution in [0.5, 0.6) is 0 Å². The maximum Gasteiger partial charge on any atom is 0.326 e. The van der Waals surface area contributed by atoms with Crippen LogP contribution in [0.25, 0.3) is 10.9 Å². The van der Waals surface area contributed by atoms with Gasteiger partial charge in [-0.25, -0.2) is 4.79 Å². The molecule has 0 aliphatic rings. The van der Waals surface area contributed by atoms with Crippen molar-refractivity contribution in [3.8, 4) is 0 Å². The fourth-order valence-electron chi connectivity index (χ4n) is 4.31. The number of aromatic nitrogens is 1. The molecule has 0 spiro atoms. The molecule has 0 aliphatic heterocycles. The summed E-state index contributed by atoms with van der Waals surface area (Å²) in [5, 5.41) is 18.6. The van der Waals surface area contributed by atoms with Crippen LogP contribution in [-0.4, -0.2) is 64.5 Å². The van der Waals surface area contributed by atoms with Crippen molar-refractivity contribution in [2.45, 2.75) is 84.0 Å². The zero-order valence-electron chi connectivity index (χ0n) is 23.3. The van der Waals surface area contributed by atoms with Crippen molar-refractivity contribution in [1.29, 1.82) is 0 Å². The first-order valence-electron chi connectivity index (χ1n) is 13.6. The Morgan fingerprint density at radius 2 is 1.62 bits per heavy atom. The number of hydrogen-bond acceptors (Lipinski definition) is 6. The normalized spacial score (nSPS) is 15.3. The maximum atomic E-state index is 13.6. The van der Waals surface area contributed by atoms with Gasteiger partial charge in [-0.3, -0.25) is 14.4 Å². The van der Waals surface area contributed by atoms with Crippen LogP contribution in [0.3, 0.4) is 0 Å². The van der Waals surface area contributed by atoms with Gasteiger partial charge in [0.05, 0.1) is 6.04 Å². The highest BCUT2D eigenvalue weighted by Gasteiger charge is 2.32. The quantitative estimate of drug-likeness (QED) is 0.155. The molecule has 0 fully saturated rings. The third-order valence-electron chi connectivity index (χ3n) is 7.10. The standard InChI is InChI=1S/C28H44N6O5/c1-5-17(4)23(30)26(36)33-22(14-18-15-31-20-11-7-6-10-19(18)20)25(35)34-24(16(2)3)27(37)32-21(28(38)39)12-8-9-13-29/h6-7,10-11,15-17,21-24,31H,5,8-9,12-14,29-30H2,1-4H3,(H,32,37)(H,33,36)(H,34,35)(H,38,39). The van der Waals surface area contributed by atoms with E-state index in [0.29, 0.717) is 25.8 Å². The highest BCUT2D eigenvalue weighted by atomic mass is 16.4. The predicted octanol–water partition coefficient (Wildman–Crippen LogP) is 1.41. The second kappa shape index (κ2) is 15.2. The molecule has 5 unspecified atom stereocenters. The number of carbonyl (C=O) groups is 4. The van der Waals surface area contributed by atoms with Gasteiger partial charge in [0.2, 0.25) is 17.7 Å². The predicted molar refractivity (Wildman–Crippen MR) is 151 cm³/mol. The molecule has 9 N–H and O–H groups in total. The topological polar surface area (TPSA) is 192 Å². The molecule has 11 heteroatoms. The summed E-state index contributed by atoms with van der Waals surface area (Å²) in [6.45, 7) is 7.72. The minimum atomic E-state index is -1.15. The Hall–Kier alpha value is -3.44. The number of nitrogens with one attached hydrogen (secondary N) is 4. The lowest BCUT2D eigenvalue weighted by Crippen LogP contribution is -2.59. The van der Waals surface area contributed by atoms with E-state index >= 15 is 0 Å². The van der Waals surface area contributed by atoms with E-state index in [1.807, 2.05) is 38.1 Å². The Morgan fingerprint density at radius 3 is 2.23 bits per heavy atom. The summed E-state index contributed by atoms with van der Waals surface area (Å²) < 4.78 is 0. The lowest BCUT2D eigenvalue weighted by molar-refractivity contribution is -0.142. The van der Waals surface area contributed by atoms with Gasteiger partial charge in [-0.15, -0.1) is 0 Å². The van der Waals surface area contributed by atoms with E-state index in [1.165, 1.54) is 0 Å². The molecule has 0 bridgehead atoms. The summed E-state index contributed by atoms with van der Waals surface area (Å²) in [6.07, 6.45) is 4.05. The third-order valence-corrected chi connectivity index (χ3v) is 7.10. The van der Waals surface area contributed by atoms with Gasteiger partial charge in [0.15, 0.2) is 0 Å². The Morgan fingerprint density at radius 1 is 0.949 bits per heavy atom. The fraction of sp³-hybridized carbons (Fsp3) is 0.571. The Balaban J connectivity index is 2.26. The van der Waals surface area contributed by atoms with Gasteiger partial charge in [-0.1, -0.05) is 52.3 Å². The van der Waals surface area contributed by atoms with Crippen molar-refractivity contribution in [3.63, 3.8) is 0 Å². The number of carboxylic acids is 1. The molecular formula is C28H44N6O5. The molecule has 0 saturated carbocycles. The molecular weight excluding hydrogens is 500 g/mol. The number of benzene rings is 1. The summed E-state index contributed by atoms with van der Waals surface area (Å²) in [5.74, 6) is -3.22. The first-order valence-corrected chi connectivity index (χ1v) is 13.6. The summed E-state index contributed by atoms with van der Waals surface area (Å²) >= 11 is 0. The average Bonchev–Trinajstić information content (AvgIpc) is 3.32. The zero-order chi connectivity index (χ0) is 29.1. The van der Waals surface area contributed by atoms with E-state index < -0.39 is 47.9 Å². The van der Waals surface area contributed by atoms with E-state index in [1.54, 1.807) is 20.0 Å². The van der Waals surface area contributed by atoms with E-state index in [0.717, 1.165) is 16.5 Å². The first kappa shape index (κ1) is 31.8. The number of amides is 3. The highest BCUT2D eigenvalue weighted by Crippen LogP contribution is 2.20. The van der Waals surface area contributed by atoms with Crippen LogP contribution in [0.2, 0.25) is 0 Å². The van der Waals surface area contributed by atoms with Crippen LogP contribution >= 0.6 is 0 Å². The van der Waals surface area contributed by atoms with E-state index in [4.69, 9.17) is 11.5 Å². The molecule has 39 heavy (non-hydrogen) atoms. The second-order valence-electron chi connectivity index (χ2n) is 10.5. The monoisotopic (exact) mass is 544 g/mol. The Labute approximate surface area is 229 Å². The highest BCUT2D eigenvalue weighted by molar-refractivity contribution is 5.95. The molecule has 216 valence electrons. The molecule has 0 saturated heterocycles. The lowest BCUT2D eigenvalue weighted by atomic mass is 9.97. The second-order valence-corrected chi connectivity index (χ2v) is 10.5. The Kier molecular flexibility index (Phi) is 12.4. The van der Waals surface area contributed by atoms with Crippen LogP contribution < -0.4 is 27.4 Å². The summed E-state index contributed by atoms with van der Waals surface area (Å²) in [5.41, 5.74) is 13.3. The molecule has 1 aromatic heterocycles. The van der Waals surface area contributed by atoms with Crippen molar-refractivity contribution in [1.82, 2.24) is 20.9 Å². The van der Waals surface area contributed by atoms with Gasteiger partial charge in [-0.2, -0.15) is 0 Å². The number of fused-ring (bicyclic) bond motifs is 1. The SMILES string of the molecule is CCC(C)C(N)C(=O)NC(Cc1c[nH]c2ccccc12)C(=O)NC(C(=O)NC(CCCCN)C(=O)O)C(C)C. The number of hydrogen-bond donors (Lipinski definition) is 7. The molecule has 1 aromatic carbocycles. The van der Waals surface area contributed by atoms with Gasteiger partial charge >= 0.3 is 5.97 Å². The van der Waals surface area contributed by atoms with Crippen LogP contribution in [0.4, 0.5) is 0 Å². The average molecular weight is 545 g/mol. The molecule has 11 nitrogen and oxygen atoms in total. The van der Waals surface area contributed by atoms with E-state index in [-0.39, 0.29) is 24.7 Å². The summed E-state index contributed by atoms with van der Waals surface area (Å²) in [7, 11) is 0. The Bertz CT molecular complexity index is 1120. The van der Waals surface area contributed by atoms with Gasteiger partial charge in [-0.05, 0) is 49.3 Å². The number of carbonyl (C=O) groups excluding carboxylic acids is 3. The van der Waals surface area contributed by atoms with Gasteiger partial charge in [0.1, 0.15) is 18.1 Å². The number of unbranched alkanes of at least 4 members (excludes halogenated alkanes) is 1. The molecule has 0 aliphatic carbocycles. The number of aliphatic carboxylic acids is 1. The molecule has 2 rings (SSSR count). The number of para-hydroxylation sites is 1. The first-order chi connectivity index (χ1) is 18.5. The van der Waals surface area contributed by atoms with Crippen LogP contribution in [-0.2, 0) is 25.6 Å². The van der Waals surface area contributed by atoms with Gasteiger partial charge in [0.25, 0.3) is 0 Å². The number of carboxylic acid groups (broad SMARTS) is 1. The molecule has 1 heterocycles. The van der Waals surface area contributed by atoms with E-state index in [2.05, 4.69) is 20.9 Å². The molecule has 5 atom stereocenters. The van der Waals surface area contributed by atoms with Crippen molar-refractivity contribution < 1.29 is 24.3 Å². The number of aromatic amines is 1. The third kappa shape index (κ3) is 9.07. The lowest BCUT2D eigenvalue weighted by Gasteiger charge is -2.27. The van der Waals surface area contributed by atoms with Crippen LogP contribution in [0, 0.1) is 11.8 Å². The minimum Gasteiger partial charge on any atom is -0.480 e. The molecule has 2 aromatic rings. The number of H-pyrrole nitrogens is 1. The van der Waals surface area contributed by atoms with Gasteiger partial charge in [0, 0.05) is 23.5 Å². The maximum absolute atomic E-state index is 13.6. The fourth-order valence-corrected chi connectivity index (χ4v) is 4.31. The van der Waals surface area contributed by atoms with Crippen LogP contribution in [0.1, 0.15) is 58.9 Å². The smallest absolute Gasteiger partial charge is 0.326 e. The van der Waals surface area contributed by atoms with Crippen molar-refractivity contribution in [3.05, 3.63) is 36.0 Å². The van der Waals surface area contributed by atoms with Crippen molar-refractivity contribution in [2.75, 3.05) is 6.54 Å². The molecule has 3 amide bonds. The summed E-state index contributed by atoms with van der Waals surface area (Å²) in [4.78, 5) is 54.5. The number of rotatable bonds is 16. The van der Waals surface area contributed by atoms with Crippen molar-refractivity contribution >= 4 is 34.6 Å². The summed E-state index contributed by atoms with van der Waals surface area (Å²) in [6, 6.07) is 3.68.